The second kappa shape index (κ2) is 6.31. The molecular weight excluding hydrogens is 236 g/mol. The third-order valence-electron chi connectivity index (χ3n) is 2.03. The van der Waals surface area contributed by atoms with Gasteiger partial charge >= 0.3 is 0 Å². The lowest BCUT2D eigenvalue weighted by Crippen LogP contribution is -2.17. The topological polar surface area (TPSA) is 12.0 Å². The number of benzene rings is 1. The zero-order valence-electron chi connectivity index (χ0n) is 8.56. The molecule has 1 unspecified atom stereocenters. The maximum Gasteiger partial charge on any atom is 0.141 e. The van der Waals surface area contributed by atoms with Crippen LogP contribution in [0.1, 0.15) is 18.9 Å². The van der Waals surface area contributed by atoms with Gasteiger partial charge in [0.1, 0.15) is 5.82 Å². The van der Waals surface area contributed by atoms with Crippen molar-refractivity contribution in [2.24, 2.45) is 0 Å². The van der Waals surface area contributed by atoms with E-state index in [0.717, 1.165) is 18.5 Å². The van der Waals surface area contributed by atoms with Crippen LogP contribution in [0.5, 0.6) is 0 Å². The molecule has 0 aromatic heterocycles. The zero-order valence-corrected chi connectivity index (χ0v) is 10.1. The van der Waals surface area contributed by atoms with E-state index < -0.39 is 0 Å². The van der Waals surface area contributed by atoms with Gasteiger partial charge in [0.05, 0.1) is 5.02 Å². The third-order valence-corrected chi connectivity index (χ3v) is 2.54. The van der Waals surface area contributed by atoms with E-state index in [9.17, 15) is 4.39 Å². The normalized spacial score (nSPS) is 12.8. The van der Waals surface area contributed by atoms with E-state index in [1.807, 2.05) is 6.92 Å². The Labute approximate surface area is 99.6 Å². The van der Waals surface area contributed by atoms with Crippen LogP contribution in [0.4, 0.5) is 4.39 Å². The predicted molar refractivity (Wildman–Crippen MR) is 63.0 cm³/mol. The van der Waals surface area contributed by atoms with Crippen LogP contribution in [0.2, 0.25) is 5.02 Å². The van der Waals surface area contributed by atoms with Crippen molar-refractivity contribution >= 4 is 23.2 Å². The van der Waals surface area contributed by atoms with E-state index in [0.29, 0.717) is 6.54 Å². The molecule has 0 saturated carbocycles. The molecule has 0 radical (unpaired) electrons. The summed E-state index contributed by atoms with van der Waals surface area (Å²) in [5.74, 6) is -0.380. The van der Waals surface area contributed by atoms with Gasteiger partial charge in [-0.2, -0.15) is 0 Å². The van der Waals surface area contributed by atoms with Crippen molar-refractivity contribution in [1.29, 1.82) is 0 Å². The van der Waals surface area contributed by atoms with Crippen molar-refractivity contribution in [3.8, 4) is 0 Å². The summed E-state index contributed by atoms with van der Waals surface area (Å²) in [5.41, 5.74) is 0.976. The highest BCUT2D eigenvalue weighted by Gasteiger charge is 2.00. The Morgan fingerprint density at radius 1 is 1.47 bits per heavy atom. The molecular formula is C11H14Cl2FN. The summed E-state index contributed by atoms with van der Waals surface area (Å²) in [5, 5.41) is 3.56. The fourth-order valence-corrected chi connectivity index (χ4v) is 1.50. The van der Waals surface area contributed by atoms with Crippen LogP contribution in [0.15, 0.2) is 18.2 Å². The molecule has 0 aliphatic rings. The summed E-state index contributed by atoms with van der Waals surface area (Å²) in [6.45, 7) is 3.49. The standard InChI is InChI=1S/C11H14Cl2FN/c1-8(12)4-5-15-7-9-2-3-11(14)10(13)6-9/h2-3,6,8,15H,4-5,7H2,1H3. The van der Waals surface area contributed by atoms with Gasteiger partial charge in [-0.1, -0.05) is 17.7 Å². The Morgan fingerprint density at radius 2 is 2.20 bits per heavy atom. The molecule has 1 rings (SSSR count). The van der Waals surface area contributed by atoms with E-state index in [-0.39, 0.29) is 16.2 Å². The van der Waals surface area contributed by atoms with Crippen molar-refractivity contribution in [2.45, 2.75) is 25.3 Å². The van der Waals surface area contributed by atoms with Gasteiger partial charge in [-0.05, 0) is 37.6 Å². The first kappa shape index (κ1) is 12.8. The van der Waals surface area contributed by atoms with E-state index in [4.69, 9.17) is 23.2 Å². The van der Waals surface area contributed by atoms with E-state index in [1.165, 1.54) is 6.07 Å². The molecule has 0 heterocycles. The lowest BCUT2D eigenvalue weighted by molar-refractivity contribution is 0.622. The van der Waals surface area contributed by atoms with Gasteiger partial charge in [0, 0.05) is 11.9 Å². The van der Waals surface area contributed by atoms with Crippen LogP contribution in [-0.4, -0.2) is 11.9 Å². The van der Waals surface area contributed by atoms with E-state index in [2.05, 4.69) is 5.32 Å². The fraction of sp³-hybridized carbons (Fsp3) is 0.455. The van der Waals surface area contributed by atoms with Crippen LogP contribution in [0.25, 0.3) is 0 Å². The average molecular weight is 250 g/mol. The molecule has 0 saturated heterocycles. The lowest BCUT2D eigenvalue weighted by atomic mass is 10.2. The summed E-state index contributed by atoms with van der Waals surface area (Å²) >= 11 is 11.4. The van der Waals surface area contributed by atoms with Crippen molar-refractivity contribution in [3.05, 3.63) is 34.6 Å². The van der Waals surface area contributed by atoms with Crippen LogP contribution < -0.4 is 5.32 Å². The Bertz CT molecular complexity index is 315. The monoisotopic (exact) mass is 249 g/mol. The van der Waals surface area contributed by atoms with Gasteiger partial charge in [0.15, 0.2) is 0 Å². The van der Waals surface area contributed by atoms with Gasteiger partial charge < -0.3 is 5.32 Å². The minimum atomic E-state index is -0.380. The Kier molecular flexibility index (Phi) is 5.37. The number of nitrogens with one attached hydrogen (secondary N) is 1. The van der Waals surface area contributed by atoms with Crippen LogP contribution >= 0.6 is 23.2 Å². The third kappa shape index (κ3) is 4.83. The molecule has 1 aromatic carbocycles. The Balaban J connectivity index is 2.35. The van der Waals surface area contributed by atoms with Gasteiger partial charge in [-0.3, -0.25) is 0 Å². The number of hydrogen-bond donors (Lipinski definition) is 1. The van der Waals surface area contributed by atoms with Crippen molar-refractivity contribution < 1.29 is 4.39 Å². The van der Waals surface area contributed by atoms with E-state index >= 15 is 0 Å². The first-order chi connectivity index (χ1) is 7.09. The van der Waals surface area contributed by atoms with Gasteiger partial charge in [0.25, 0.3) is 0 Å². The summed E-state index contributed by atoms with van der Waals surface area (Å²) in [6, 6.07) is 4.73. The lowest BCUT2D eigenvalue weighted by Gasteiger charge is -2.06. The predicted octanol–water partition coefficient (Wildman–Crippen LogP) is 3.59. The van der Waals surface area contributed by atoms with Gasteiger partial charge in [-0.15, -0.1) is 11.6 Å². The summed E-state index contributed by atoms with van der Waals surface area (Å²) in [6.07, 6.45) is 0.913. The molecule has 0 fully saturated rings. The van der Waals surface area contributed by atoms with Gasteiger partial charge in [-0.25, -0.2) is 4.39 Å². The maximum atomic E-state index is 12.8. The summed E-state index contributed by atoms with van der Waals surface area (Å²) in [7, 11) is 0. The number of alkyl halides is 1. The molecule has 1 aromatic rings. The van der Waals surface area contributed by atoms with E-state index in [1.54, 1.807) is 12.1 Å². The van der Waals surface area contributed by atoms with Crippen molar-refractivity contribution in [2.75, 3.05) is 6.54 Å². The molecule has 4 heteroatoms. The molecule has 15 heavy (non-hydrogen) atoms. The largest absolute Gasteiger partial charge is 0.313 e. The highest BCUT2D eigenvalue weighted by Crippen LogP contribution is 2.15. The molecule has 0 bridgehead atoms. The van der Waals surface area contributed by atoms with Crippen molar-refractivity contribution in [1.82, 2.24) is 5.32 Å². The first-order valence-electron chi connectivity index (χ1n) is 4.88. The zero-order chi connectivity index (χ0) is 11.3. The molecule has 0 aliphatic carbocycles. The number of halogens is 3. The first-order valence-corrected chi connectivity index (χ1v) is 5.69. The number of hydrogen-bond acceptors (Lipinski definition) is 1. The smallest absolute Gasteiger partial charge is 0.141 e. The second-order valence-corrected chi connectivity index (χ2v) is 4.65. The van der Waals surface area contributed by atoms with Gasteiger partial charge in [0.2, 0.25) is 0 Å². The molecule has 0 spiro atoms. The Morgan fingerprint density at radius 3 is 2.80 bits per heavy atom. The Hall–Kier alpha value is -0.310. The molecule has 1 nitrogen and oxygen atoms in total. The van der Waals surface area contributed by atoms with Crippen LogP contribution in [0.3, 0.4) is 0 Å². The minimum Gasteiger partial charge on any atom is -0.313 e. The fourth-order valence-electron chi connectivity index (χ4n) is 1.18. The SMILES string of the molecule is CC(Cl)CCNCc1ccc(F)c(Cl)c1. The van der Waals surface area contributed by atoms with Crippen molar-refractivity contribution in [3.63, 3.8) is 0 Å². The molecule has 0 aliphatic heterocycles. The van der Waals surface area contributed by atoms with Crippen LogP contribution in [0, 0.1) is 5.82 Å². The number of rotatable bonds is 5. The quantitative estimate of drug-likeness (QED) is 0.622. The molecule has 1 N–H and O–H groups in total. The highest BCUT2D eigenvalue weighted by atomic mass is 35.5. The maximum absolute atomic E-state index is 12.8. The summed E-state index contributed by atoms with van der Waals surface area (Å²) in [4.78, 5) is 0. The molecule has 1 atom stereocenters. The second-order valence-electron chi connectivity index (χ2n) is 3.49. The highest BCUT2D eigenvalue weighted by molar-refractivity contribution is 6.30. The summed E-state index contributed by atoms with van der Waals surface area (Å²) < 4.78 is 12.8. The van der Waals surface area contributed by atoms with Crippen LogP contribution in [-0.2, 0) is 6.54 Å². The minimum absolute atomic E-state index is 0.167. The molecule has 0 amide bonds. The average Bonchev–Trinajstić information content (AvgIpc) is 2.18. The molecule has 84 valence electrons.